The smallest absolute Gasteiger partial charge is 0.316 e. The van der Waals surface area contributed by atoms with Crippen LogP contribution in [0.25, 0.3) is 10.9 Å². The Labute approximate surface area is 146 Å². The van der Waals surface area contributed by atoms with Gasteiger partial charge in [-0.1, -0.05) is 18.6 Å². The number of nitrogens with zero attached hydrogens (tertiary/aromatic N) is 2. The molecular weight excluding hydrogens is 316 g/mol. The molecule has 1 amide bonds. The summed E-state index contributed by atoms with van der Waals surface area (Å²) >= 11 is 0. The summed E-state index contributed by atoms with van der Waals surface area (Å²) in [7, 11) is 1.49. The Morgan fingerprint density at radius 3 is 2.60 bits per heavy atom. The first kappa shape index (κ1) is 17.0. The Hall–Kier alpha value is -2.89. The SMILES string of the molecule is CCc1[nH]c2c(CNC(=O)c3cnc(OC)nc3)cc(C)cc2c1C. The lowest BCUT2D eigenvalue weighted by Crippen LogP contribution is -2.23. The molecule has 1 aromatic carbocycles. The van der Waals surface area contributed by atoms with Crippen LogP contribution in [0.1, 0.15) is 39.7 Å². The maximum absolute atomic E-state index is 12.3. The Morgan fingerprint density at radius 1 is 1.24 bits per heavy atom. The molecule has 0 spiro atoms. The summed E-state index contributed by atoms with van der Waals surface area (Å²) in [4.78, 5) is 23.7. The number of carbonyl (C=O) groups excluding carboxylic acids is 1. The van der Waals surface area contributed by atoms with E-state index in [4.69, 9.17) is 4.74 Å². The summed E-state index contributed by atoms with van der Waals surface area (Å²) in [6.45, 7) is 6.77. The first-order valence-electron chi connectivity index (χ1n) is 8.28. The topological polar surface area (TPSA) is 79.9 Å². The number of amides is 1. The molecule has 130 valence electrons. The normalized spacial score (nSPS) is 10.9. The van der Waals surface area contributed by atoms with E-state index in [0.717, 1.165) is 17.5 Å². The molecule has 2 heterocycles. The molecule has 0 aliphatic carbocycles. The van der Waals surface area contributed by atoms with Gasteiger partial charge in [0, 0.05) is 30.0 Å². The van der Waals surface area contributed by atoms with Gasteiger partial charge in [0.05, 0.1) is 18.2 Å². The monoisotopic (exact) mass is 338 g/mol. The maximum Gasteiger partial charge on any atom is 0.316 e. The first-order valence-corrected chi connectivity index (χ1v) is 8.28. The fourth-order valence-corrected chi connectivity index (χ4v) is 3.02. The quantitative estimate of drug-likeness (QED) is 0.749. The van der Waals surface area contributed by atoms with Gasteiger partial charge in [-0.15, -0.1) is 0 Å². The number of methoxy groups -OCH3 is 1. The highest BCUT2D eigenvalue weighted by Crippen LogP contribution is 2.26. The number of hydrogen-bond acceptors (Lipinski definition) is 4. The van der Waals surface area contributed by atoms with Crippen LogP contribution < -0.4 is 10.1 Å². The summed E-state index contributed by atoms with van der Waals surface area (Å²) in [5, 5.41) is 4.16. The van der Waals surface area contributed by atoms with Gasteiger partial charge in [-0.2, -0.15) is 0 Å². The molecule has 6 nitrogen and oxygen atoms in total. The average Bonchev–Trinajstić information content (AvgIpc) is 2.95. The number of aromatic amines is 1. The van der Waals surface area contributed by atoms with Crippen molar-refractivity contribution < 1.29 is 9.53 Å². The van der Waals surface area contributed by atoms with Crippen molar-refractivity contribution in [2.24, 2.45) is 0 Å². The van der Waals surface area contributed by atoms with Crippen LogP contribution in [0.5, 0.6) is 6.01 Å². The van der Waals surface area contributed by atoms with Crippen molar-refractivity contribution in [2.75, 3.05) is 7.11 Å². The Kier molecular flexibility index (Phi) is 4.70. The van der Waals surface area contributed by atoms with Crippen LogP contribution in [0.3, 0.4) is 0 Å². The van der Waals surface area contributed by atoms with E-state index in [-0.39, 0.29) is 11.9 Å². The fourth-order valence-electron chi connectivity index (χ4n) is 3.02. The number of nitrogens with one attached hydrogen (secondary N) is 2. The van der Waals surface area contributed by atoms with Crippen LogP contribution in [-0.4, -0.2) is 28.0 Å². The van der Waals surface area contributed by atoms with Crippen LogP contribution in [0.15, 0.2) is 24.5 Å². The number of fused-ring (bicyclic) bond motifs is 1. The average molecular weight is 338 g/mol. The highest BCUT2D eigenvalue weighted by Gasteiger charge is 2.13. The number of hydrogen-bond donors (Lipinski definition) is 2. The van der Waals surface area contributed by atoms with E-state index < -0.39 is 0 Å². The van der Waals surface area contributed by atoms with E-state index >= 15 is 0 Å². The molecule has 0 aliphatic heterocycles. The second-order valence-corrected chi connectivity index (χ2v) is 6.07. The molecule has 0 radical (unpaired) electrons. The number of carbonyl (C=O) groups is 1. The van der Waals surface area contributed by atoms with Crippen molar-refractivity contribution in [3.05, 3.63) is 52.5 Å². The molecule has 0 unspecified atom stereocenters. The summed E-state index contributed by atoms with van der Waals surface area (Å²) < 4.78 is 4.91. The van der Waals surface area contributed by atoms with E-state index in [1.165, 1.54) is 41.7 Å². The molecule has 0 saturated heterocycles. The molecule has 2 aromatic heterocycles. The van der Waals surface area contributed by atoms with Gasteiger partial charge in [0.2, 0.25) is 0 Å². The predicted molar refractivity (Wildman–Crippen MR) is 96.9 cm³/mol. The molecule has 25 heavy (non-hydrogen) atoms. The van der Waals surface area contributed by atoms with Crippen molar-refractivity contribution in [1.82, 2.24) is 20.3 Å². The molecule has 3 aromatic rings. The molecule has 0 saturated carbocycles. The summed E-state index contributed by atoms with van der Waals surface area (Å²) in [6.07, 6.45) is 3.87. The molecule has 0 aliphatic rings. The van der Waals surface area contributed by atoms with Gasteiger partial charge in [0.15, 0.2) is 0 Å². The zero-order valence-electron chi connectivity index (χ0n) is 14.9. The van der Waals surface area contributed by atoms with Crippen molar-refractivity contribution in [3.8, 4) is 6.01 Å². The van der Waals surface area contributed by atoms with Crippen molar-refractivity contribution >= 4 is 16.8 Å². The van der Waals surface area contributed by atoms with Gasteiger partial charge in [-0.3, -0.25) is 4.79 Å². The standard InChI is InChI=1S/C19H22N4O2/c1-5-16-12(3)15-7-11(2)6-13(17(15)23-16)8-20-18(24)14-9-21-19(25-4)22-10-14/h6-7,9-10,23H,5,8H2,1-4H3,(H,20,24). The van der Waals surface area contributed by atoms with E-state index in [2.05, 4.69) is 53.2 Å². The van der Waals surface area contributed by atoms with Gasteiger partial charge in [0.1, 0.15) is 0 Å². The van der Waals surface area contributed by atoms with E-state index in [9.17, 15) is 4.79 Å². The minimum absolute atomic E-state index is 0.212. The predicted octanol–water partition coefficient (Wildman–Crippen LogP) is 3.08. The molecule has 3 rings (SSSR count). The van der Waals surface area contributed by atoms with Crippen LogP contribution in [-0.2, 0) is 13.0 Å². The zero-order valence-corrected chi connectivity index (χ0v) is 14.9. The van der Waals surface area contributed by atoms with Crippen molar-refractivity contribution in [2.45, 2.75) is 33.7 Å². The van der Waals surface area contributed by atoms with E-state index in [1.807, 2.05) is 0 Å². The van der Waals surface area contributed by atoms with Crippen LogP contribution in [0.4, 0.5) is 0 Å². The van der Waals surface area contributed by atoms with Crippen molar-refractivity contribution in [1.29, 1.82) is 0 Å². The lowest BCUT2D eigenvalue weighted by atomic mass is 10.0. The summed E-state index contributed by atoms with van der Waals surface area (Å²) in [6, 6.07) is 4.52. The zero-order chi connectivity index (χ0) is 18.0. The number of aryl methyl sites for hydroxylation is 3. The third kappa shape index (κ3) is 3.33. The van der Waals surface area contributed by atoms with E-state index in [1.54, 1.807) is 0 Å². The number of H-pyrrole nitrogens is 1. The second kappa shape index (κ2) is 6.93. The minimum atomic E-state index is -0.212. The third-order valence-corrected chi connectivity index (χ3v) is 4.36. The van der Waals surface area contributed by atoms with E-state index in [0.29, 0.717) is 12.1 Å². The van der Waals surface area contributed by atoms with Gasteiger partial charge in [-0.05, 0) is 37.5 Å². The second-order valence-electron chi connectivity index (χ2n) is 6.07. The van der Waals surface area contributed by atoms with Gasteiger partial charge < -0.3 is 15.0 Å². The third-order valence-electron chi connectivity index (χ3n) is 4.36. The Bertz CT molecular complexity index is 913. The van der Waals surface area contributed by atoms with Crippen LogP contribution in [0.2, 0.25) is 0 Å². The molecule has 6 heteroatoms. The largest absolute Gasteiger partial charge is 0.467 e. The lowest BCUT2D eigenvalue weighted by Gasteiger charge is -2.08. The Balaban J connectivity index is 1.83. The number of benzene rings is 1. The molecule has 2 N–H and O–H groups in total. The highest BCUT2D eigenvalue weighted by atomic mass is 16.5. The molecular formula is C19H22N4O2. The van der Waals surface area contributed by atoms with Gasteiger partial charge in [0.25, 0.3) is 5.91 Å². The fraction of sp³-hybridized carbons (Fsp3) is 0.316. The summed E-state index contributed by atoms with van der Waals surface area (Å²) in [5.74, 6) is -0.212. The minimum Gasteiger partial charge on any atom is -0.467 e. The number of ether oxygens (including phenoxy) is 1. The summed E-state index contributed by atoms with van der Waals surface area (Å²) in [5.41, 5.74) is 6.25. The molecule has 0 bridgehead atoms. The number of aromatic nitrogens is 3. The van der Waals surface area contributed by atoms with Crippen LogP contribution >= 0.6 is 0 Å². The van der Waals surface area contributed by atoms with Crippen molar-refractivity contribution in [3.63, 3.8) is 0 Å². The highest BCUT2D eigenvalue weighted by molar-refractivity contribution is 5.94. The van der Waals surface area contributed by atoms with Gasteiger partial charge in [-0.25, -0.2) is 9.97 Å². The molecule has 0 atom stereocenters. The first-order chi connectivity index (χ1) is 12.0. The van der Waals surface area contributed by atoms with Crippen LogP contribution in [0, 0.1) is 13.8 Å². The lowest BCUT2D eigenvalue weighted by molar-refractivity contribution is 0.0950. The maximum atomic E-state index is 12.3. The molecule has 0 fully saturated rings. The number of rotatable bonds is 5. The Morgan fingerprint density at radius 2 is 1.96 bits per heavy atom. The van der Waals surface area contributed by atoms with Gasteiger partial charge >= 0.3 is 6.01 Å².